The predicted molar refractivity (Wildman–Crippen MR) is 63.0 cm³/mol. The number of hydrogen-bond donors (Lipinski definition) is 1. The fourth-order valence-electron chi connectivity index (χ4n) is 0.897. The number of carbonyl (C=O) groups excluding carboxylic acids is 2. The first kappa shape index (κ1) is 20.3. The van der Waals surface area contributed by atoms with E-state index >= 15 is 0 Å². The van der Waals surface area contributed by atoms with E-state index < -0.39 is 23.3 Å². The van der Waals surface area contributed by atoms with Crippen LogP contribution >= 0.6 is 11.3 Å². The monoisotopic (exact) mass is 346 g/mol. The third-order valence-corrected chi connectivity index (χ3v) is 2.22. The molecule has 0 aliphatic rings. The summed E-state index contributed by atoms with van der Waals surface area (Å²) in [7, 11) is 0. The Morgan fingerprint density at radius 3 is 1.90 bits per heavy atom. The van der Waals surface area contributed by atoms with Gasteiger partial charge in [-0.25, -0.2) is 9.97 Å². The molecule has 20 heavy (non-hydrogen) atoms. The second-order valence-corrected chi connectivity index (χ2v) is 3.78. The molecule has 0 aliphatic carbocycles. The molecule has 0 spiro atoms. The number of pyridine rings is 1. The van der Waals surface area contributed by atoms with Gasteiger partial charge in [-0.1, -0.05) is 6.07 Å². The molecule has 0 aliphatic heterocycles. The minimum Gasteiger partial charge on any atom is -0.543 e. The van der Waals surface area contributed by atoms with Crippen LogP contribution in [0.15, 0.2) is 29.8 Å². The van der Waals surface area contributed by atoms with E-state index in [4.69, 9.17) is 5.73 Å². The van der Waals surface area contributed by atoms with Crippen molar-refractivity contribution in [1.29, 1.82) is 0 Å². The van der Waals surface area contributed by atoms with E-state index in [2.05, 4.69) is 9.97 Å². The van der Waals surface area contributed by atoms with Gasteiger partial charge >= 0.3 is 17.1 Å². The Morgan fingerprint density at radius 1 is 1.15 bits per heavy atom. The minimum absolute atomic E-state index is 0. The molecule has 0 amide bonds. The number of carboxylic acid groups (broad SMARTS) is 2. The molecule has 0 bridgehead atoms. The zero-order valence-corrected chi connectivity index (χ0v) is 11.5. The third kappa shape index (κ3) is 6.80. The Balaban J connectivity index is 0. The van der Waals surface area contributed by atoms with Gasteiger partial charge in [-0.05, 0) is 12.1 Å². The van der Waals surface area contributed by atoms with Crippen LogP contribution in [0.1, 0.15) is 21.0 Å². The van der Waals surface area contributed by atoms with Crippen LogP contribution in [0, 0.1) is 0 Å². The molecule has 111 valence electrons. The van der Waals surface area contributed by atoms with Crippen LogP contribution in [-0.2, 0) is 17.1 Å². The Bertz CT molecular complexity index is 520. The number of carboxylic acids is 2. The largest absolute Gasteiger partial charge is 2.00 e. The second kappa shape index (κ2) is 9.87. The number of aromatic carboxylic acids is 2. The number of anilines is 1. The maximum Gasteiger partial charge on any atom is 2.00 e. The molecule has 0 unspecified atom stereocenters. The number of thiazole rings is 1. The molecule has 10 heteroatoms. The molecule has 4 N–H and O–H groups in total. The SMILES string of the molecule is Nc1nccs1.O.O=C([O-])c1cccc(C(=O)[O-])n1.[Cu+2]. The first-order chi connectivity index (χ1) is 8.50. The third-order valence-electron chi connectivity index (χ3n) is 1.62. The molecule has 2 aromatic heterocycles. The van der Waals surface area contributed by atoms with Gasteiger partial charge in [0.05, 0.1) is 23.3 Å². The summed E-state index contributed by atoms with van der Waals surface area (Å²) in [6, 6.07) is 3.53. The number of aromatic nitrogens is 2. The molecule has 1 radical (unpaired) electrons. The number of nitrogen functional groups attached to an aromatic ring is 1. The summed E-state index contributed by atoms with van der Waals surface area (Å²) in [4.78, 5) is 27.3. The number of hydrogen-bond acceptors (Lipinski definition) is 8. The van der Waals surface area contributed by atoms with Crippen LogP contribution in [0.3, 0.4) is 0 Å². The summed E-state index contributed by atoms with van der Waals surface area (Å²) in [5.41, 5.74) is 4.35. The maximum absolute atomic E-state index is 10.2. The van der Waals surface area contributed by atoms with Gasteiger partial charge in [0.25, 0.3) is 0 Å². The molecular weight excluding hydrogens is 338 g/mol. The molecule has 0 saturated heterocycles. The van der Waals surface area contributed by atoms with Gasteiger partial charge in [0.1, 0.15) is 0 Å². The Kier molecular flexibility index (Phi) is 10.0. The van der Waals surface area contributed by atoms with Crippen molar-refractivity contribution in [3.63, 3.8) is 0 Å². The van der Waals surface area contributed by atoms with Gasteiger partial charge < -0.3 is 31.0 Å². The summed E-state index contributed by atoms with van der Waals surface area (Å²) < 4.78 is 0. The van der Waals surface area contributed by atoms with Crippen molar-refractivity contribution in [2.45, 2.75) is 0 Å². The Hall–Kier alpha value is -2.00. The first-order valence-corrected chi connectivity index (χ1v) is 5.43. The van der Waals surface area contributed by atoms with E-state index in [0.717, 1.165) is 12.1 Å². The van der Waals surface area contributed by atoms with Crippen LogP contribution in [-0.4, -0.2) is 27.4 Å². The summed E-state index contributed by atoms with van der Waals surface area (Å²) in [6.45, 7) is 0. The summed E-state index contributed by atoms with van der Waals surface area (Å²) >= 11 is 1.44. The number of nitrogens with two attached hydrogens (primary N) is 1. The Labute approximate surface area is 128 Å². The van der Waals surface area contributed by atoms with Crippen molar-refractivity contribution in [2.24, 2.45) is 0 Å². The maximum atomic E-state index is 10.2. The van der Waals surface area contributed by atoms with E-state index in [1.165, 1.54) is 17.4 Å². The van der Waals surface area contributed by atoms with E-state index in [1.807, 2.05) is 5.38 Å². The minimum atomic E-state index is -1.52. The number of nitrogens with zero attached hydrogens (tertiary/aromatic N) is 2. The normalized spacial score (nSPS) is 8.20. The summed E-state index contributed by atoms with van der Waals surface area (Å²) in [6.07, 6.45) is 1.68. The molecule has 0 saturated carbocycles. The van der Waals surface area contributed by atoms with Crippen LogP contribution in [0.5, 0.6) is 0 Å². The van der Waals surface area contributed by atoms with E-state index in [1.54, 1.807) is 6.20 Å². The zero-order chi connectivity index (χ0) is 13.5. The van der Waals surface area contributed by atoms with E-state index in [-0.39, 0.29) is 22.5 Å². The Morgan fingerprint density at radius 2 is 1.65 bits per heavy atom. The molecule has 2 rings (SSSR count). The van der Waals surface area contributed by atoms with Gasteiger partial charge in [-0.2, -0.15) is 0 Å². The van der Waals surface area contributed by atoms with E-state index in [0.29, 0.717) is 5.13 Å². The molecule has 2 aromatic rings. The van der Waals surface area contributed by atoms with Gasteiger partial charge in [-0.15, -0.1) is 11.3 Å². The quantitative estimate of drug-likeness (QED) is 0.597. The molecule has 0 atom stereocenters. The van der Waals surface area contributed by atoms with Crippen molar-refractivity contribution in [2.75, 3.05) is 5.73 Å². The standard InChI is InChI=1S/C7H5NO4.C3H4N2S.Cu.H2O/c9-6(10)4-2-1-3-5(8-4)7(11)12;4-3-5-1-2-6-3;;/h1-3H,(H,9,10)(H,11,12);1-2H,(H2,4,5);;1H2/q;;+2;/p-2. The fourth-order valence-corrected chi connectivity index (χ4v) is 1.28. The van der Waals surface area contributed by atoms with Crippen LogP contribution in [0.2, 0.25) is 0 Å². The van der Waals surface area contributed by atoms with Crippen molar-refractivity contribution < 1.29 is 42.3 Å². The molecule has 0 aromatic carbocycles. The average molecular weight is 347 g/mol. The van der Waals surface area contributed by atoms with Crippen LogP contribution in [0.25, 0.3) is 0 Å². The van der Waals surface area contributed by atoms with Crippen LogP contribution in [0.4, 0.5) is 5.13 Å². The predicted octanol–water partition coefficient (Wildman–Crippen LogP) is -2.29. The van der Waals surface area contributed by atoms with Crippen molar-refractivity contribution >= 4 is 28.4 Å². The van der Waals surface area contributed by atoms with Crippen molar-refractivity contribution in [3.8, 4) is 0 Å². The summed E-state index contributed by atoms with van der Waals surface area (Å²) in [5, 5.41) is 22.9. The average Bonchev–Trinajstić information content (AvgIpc) is 2.81. The topological polar surface area (TPSA) is 164 Å². The number of carbonyl (C=O) groups is 2. The molecule has 0 fully saturated rings. The zero-order valence-electron chi connectivity index (χ0n) is 9.70. The number of rotatable bonds is 2. The molecule has 2 heterocycles. The molecule has 8 nitrogen and oxygen atoms in total. The van der Waals surface area contributed by atoms with Crippen LogP contribution < -0.4 is 15.9 Å². The van der Waals surface area contributed by atoms with Gasteiger partial charge in [0, 0.05) is 11.6 Å². The van der Waals surface area contributed by atoms with Gasteiger partial charge in [0.2, 0.25) is 0 Å². The van der Waals surface area contributed by atoms with Gasteiger partial charge in [-0.3, -0.25) is 0 Å². The molecular formula is C10H9CuN3O5S. The smallest absolute Gasteiger partial charge is 0.543 e. The van der Waals surface area contributed by atoms with Crippen molar-refractivity contribution in [3.05, 3.63) is 41.2 Å². The van der Waals surface area contributed by atoms with Crippen molar-refractivity contribution in [1.82, 2.24) is 9.97 Å². The second-order valence-electron chi connectivity index (χ2n) is 2.85. The van der Waals surface area contributed by atoms with E-state index in [9.17, 15) is 19.8 Å². The first-order valence-electron chi connectivity index (χ1n) is 4.55. The fraction of sp³-hybridized carbons (Fsp3) is 0. The summed E-state index contributed by atoms with van der Waals surface area (Å²) in [5.74, 6) is -3.03. The van der Waals surface area contributed by atoms with Gasteiger partial charge in [0.15, 0.2) is 5.13 Å².